The summed E-state index contributed by atoms with van der Waals surface area (Å²) in [6.45, 7) is 2.85. The van der Waals surface area contributed by atoms with Gasteiger partial charge in [0.25, 0.3) is 5.91 Å². The maximum Gasteiger partial charge on any atom is 0.253 e. The van der Waals surface area contributed by atoms with Crippen LogP contribution in [0.25, 0.3) is 16.5 Å². The summed E-state index contributed by atoms with van der Waals surface area (Å²) in [7, 11) is 0. The van der Waals surface area contributed by atoms with Crippen LogP contribution in [0.5, 0.6) is 0 Å². The molecule has 0 saturated heterocycles. The predicted octanol–water partition coefficient (Wildman–Crippen LogP) is 4.26. The minimum atomic E-state index is -0.623. The lowest BCUT2D eigenvalue weighted by Crippen LogP contribution is -2.48. The highest BCUT2D eigenvalue weighted by molar-refractivity contribution is 6.33. The molecule has 6 heteroatoms. The molecule has 2 amide bonds. The van der Waals surface area contributed by atoms with E-state index in [0.29, 0.717) is 23.7 Å². The van der Waals surface area contributed by atoms with Crippen LogP contribution >= 0.6 is 11.6 Å². The summed E-state index contributed by atoms with van der Waals surface area (Å²) in [6, 6.07) is 14.4. The van der Waals surface area contributed by atoms with Gasteiger partial charge in [0.05, 0.1) is 10.6 Å². The minimum Gasteiger partial charge on any atom is -0.361 e. The Labute approximate surface area is 174 Å². The van der Waals surface area contributed by atoms with Crippen LogP contribution in [0.3, 0.4) is 0 Å². The van der Waals surface area contributed by atoms with Crippen LogP contribution in [0.15, 0.2) is 60.8 Å². The Morgan fingerprint density at radius 3 is 2.66 bits per heavy atom. The van der Waals surface area contributed by atoms with E-state index in [0.717, 1.165) is 11.9 Å². The zero-order valence-corrected chi connectivity index (χ0v) is 16.9. The standard InChI is InChI=1S/C23H22ClN3O2/c1-15(26-22(28)18-7-2-4-8-20(18)24)23(29)27-12-10-16(11-13-27)19-14-25-21-9-5-3-6-17(19)21/h2-10,14-15,25H,11-13H2,1H3,(H,26,28)/t15-/m1/s1. The van der Waals surface area contributed by atoms with E-state index >= 15 is 0 Å². The van der Waals surface area contributed by atoms with E-state index in [4.69, 9.17) is 11.6 Å². The number of fused-ring (bicyclic) bond motifs is 1. The number of benzene rings is 2. The van der Waals surface area contributed by atoms with Gasteiger partial charge in [0.1, 0.15) is 6.04 Å². The van der Waals surface area contributed by atoms with Crippen molar-refractivity contribution in [1.29, 1.82) is 0 Å². The third-order valence-electron chi connectivity index (χ3n) is 5.29. The maximum absolute atomic E-state index is 12.8. The third kappa shape index (κ3) is 3.91. The van der Waals surface area contributed by atoms with Crippen molar-refractivity contribution >= 4 is 39.9 Å². The summed E-state index contributed by atoms with van der Waals surface area (Å²) in [4.78, 5) is 30.3. The number of hydrogen-bond donors (Lipinski definition) is 2. The van der Waals surface area contributed by atoms with Gasteiger partial charge in [0.2, 0.25) is 5.91 Å². The third-order valence-corrected chi connectivity index (χ3v) is 5.62. The van der Waals surface area contributed by atoms with Crippen LogP contribution in [0, 0.1) is 0 Å². The molecular weight excluding hydrogens is 386 g/mol. The van der Waals surface area contributed by atoms with Crippen LogP contribution in [-0.4, -0.2) is 40.8 Å². The molecule has 0 saturated carbocycles. The highest BCUT2D eigenvalue weighted by atomic mass is 35.5. The Kier molecular flexibility index (Phi) is 5.41. The van der Waals surface area contributed by atoms with Gasteiger partial charge < -0.3 is 15.2 Å². The van der Waals surface area contributed by atoms with Crippen LogP contribution in [-0.2, 0) is 4.79 Å². The van der Waals surface area contributed by atoms with Crippen molar-refractivity contribution in [3.8, 4) is 0 Å². The van der Waals surface area contributed by atoms with Gasteiger partial charge in [-0.1, -0.05) is 48.0 Å². The number of H-pyrrole nitrogens is 1. The Bertz CT molecular complexity index is 1100. The van der Waals surface area contributed by atoms with Crippen LogP contribution in [0.4, 0.5) is 0 Å². The topological polar surface area (TPSA) is 65.2 Å². The molecule has 0 aliphatic carbocycles. The molecule has 2 N–H and O–H groups in total. The predicted molar refractivity (Wildman–Crippen MR) is 116 cm³/mol. The van der Waals surface area contributed by atoms with Crippen LogP contribution < -0.4 is 5.32 Å². The molecule has 3 aromatic rings. The largest absolute Gasteiger partial charge is 0.361 e. The number of aromatic nitrogens is 1. The lowest BCUT2D eigenvalue weighted by molar-refractivity contribution is -0.132. The SMILES string of the molecule is C[C@@H](NC(=O)c1ccccc1Cl)C(=O)N1CC=C(c2c[nH]c3ccccc23)CC1. The first-order valence-corrected chi connectivity index (χ1v) is 10.0. The first-order chi connectivity index (χ1) is 14.0. The normalized spacial score (nSPS) is 15.1. The minimum absolute atomic E-state index is 0.0976. The number of aromatic amines is 1. The summed E-state index contributed by atoms with van der Waals surface area (Å²) in [6.07, 6.45) is 4.90. The van der Waals surface area contributed by atoms with E-state index in [9.17, 15) is 9.59 Å². The average Bonchev–Trinajstić information content (AvgIpc) is 3.17. The van der Waals surface area contributed by atoms with E-state index in [2.05, 4.69) is 28.5 Å². The Hall–Kier alpha value is -3.05. The van der Waals surface area contributed by atoms with E-state index < -0.39 is 6.04 Å². The molecular formula is C23H22ClN3O2. The van der Waals surface area contributed by atoms with Crippen molar-refractivity contribution in [2.24, 2.45) is 0 Å². The molecule has 1 aliphatic rings. The Balaban J connectivity index is 1.42. The number of halogens is 1. The monoisotopic (exact) mass is 407 g/mol. The van der Waals surface area contributed by atoms with Crippen molar-refractivity contribution in [2.45, 2.75) is 19.4 Å². The van der Waals surface area contributed by atoms with Crippen molar-refractivity contribution in [1.82, 2.24) is 15.2 Å². The van der Waals surface area contributed by atoms with Gasteiger partial charge in [-0.15, -0.1) is 0 Å². The van der Waals surface area contributed by atoms with E-state index in [1.807, 2.05) is 18.3 Å². The van der Waals surface area contributed by atoms with Gasteiger partial charge >= 0.3 is 0 Å². The molecule has 0 fully saturated rings. The smallest absolute Gasteiger partial charge is 0.253 e. The fourth-order valence-electron chi connectivity index (χ4n) is 3.71. The van der Waals surface area contributed by atoms with E-state index in [1.165, 1.54) is 16.5 Å². The van der Waals surface area contributed by atoms with Gasteiger partial charge in [0.15, 0.2) is 0 Å². The Morgan fingerprint density at radius 2 is 1.90 bits per heavy atom. The van der Waals surface area contributed by atoms with Gasteiger partial charge in [-0.2, -0.15) is 0 Å². The fourth-order valence-corrected chi connectivity index (χ4v) is 3.93. The second kappa shape index (κ2) is 8.13. The number of nitrogens with one attached hydrogen (secondary N) is 2. The molecule has 4 rings (SSSR count). The molecule has 1 aromatic heterocycles. The van der Waals surface area contributed by atoms with Crippen molar-refractivity contribution in [3.63, 3.8) is 0 Å². The summed E-state index contributed by atoms with van der Waals surface area (Å²) in [5.74, 6) is -0.442. The molecule has 5 nitrogen and oxygen atoms in total. The van der Waals surface area contributed by atoms with E-state index in [-0.39, 0.29) is 11.8 Å². The molecule has 1 atom stereocenters. The number of carbonyl (C=O) groups excluding carboxylic acids is 2. The lowest BCUT2D eigenvalue weighted by atomic mass is 9.98. The molecule has 0 bridgehead atoms. The van der Waals surface area contributed by atoms with Crippen molar-refractivity contribution < 1.29 is 9.59 Å². The molecule has 29 heavy (non-hydrogen) atoms. The van der Waals surface area contributed by atoms with Gasteiger partial charge in [-0.25, -0.2) is 0 Å². The number of carbonyl (C=O) groups is 2. The lowest BCUT2D eigenvalue weighted by Gasteiger charge is -2.29. The summed E-state index contributed by atoms with van der Waals surface area (Å²) >= 11 is 6.07. The molecule has 0 unspecified atom stereocenters. The molecule has 0 spiro atoms. The van der Waals surface area contributed by atoms with Crippen molar-refractivity contribution in [2.75, 3.05) is 13.1 Å². The first-order valence-electron chi connectivity index (χ1n) is 9.64. The number of hydrogen-bond acceptors (Lipinski definition) is 2. The van der Waals surface area contributed by atoms with Crippen LogP contribution in [0.1, 0.15) is 29.3 Å². The Morgan fingerprint density at radius 1 is 1.14 bits per heavy atom. The maximum atomic E-state index is 12.8. The van der Waals surface area contributed by atoms with Crippen LogP contribution in [0.2, 0.25) is 5.02 Å². The van der Waals surface area contributed by atoms with Gasteiger partial charge in [-0.3, -0.25) is 9.59 Å². The second-order valence-electron chi connectivity index (χ2n) is 7.19. The second-order valence-corrected chi connectivity index (χ2v) is 7.59. The first kappa shape index (κ1) is 19.3. The highest BCUT2D eigenvalue weighted by Gasteiger charge is 2.25. The molecule has 2 aromatic carbocycles. The van der Waals surface area contributed by atoms with E-state index in [1.54, 1.807) is 36.1 Å². The number of amides is 2. The summed E-state index contributed by atoms with van der Waals surface area (Å²) < 4.78 is 0. The highest BCUT2D eigenvalue weighted by Crippen LogP contribution is 2.29. The zero-order valence-electron chi connectivity index (χ0n) is 16.1. The fraction of sp³-hybridized carbons (Fsp3) is 0.217. The number of para-hydroxylation sites is 1. The van der Waals surface area contributed by atoms with Gasteiger partial charge in [0, 0.05) is 35.8 Å². The quantitative estimate of drug-likeness (QED) is 0.678. The average molecular weight is 408 g/mol. The summed E-state index contributed by atoms with van der Waals surface area (Å²) in [5, 5.41) is 4.32. The summed E-state index contributed by atoms with van der Waals surface area (Å²) in [5.41, 5.74) is 3.90. The van der Waals surface area contributed by atoms with Crippen molar-refractivity contribution in [3.05, 3.63) is 77.0 Å². The molecule has 2 heterocycles. The molecule has 148 valence electrons. The molecule has 1 aliphatic heterocycles. The van der Waals surface area contributed by atoms with Gasteiger partial charge in [-0.05, 0) is 37.1 Å². The number of rotatable bonds is 4. The molecule has 0 radical (unpaired) electrons. The number of nitrogens with zero attached hydrogens (tertiary/aromatic N) is 1. The zero-order chi connectivity index (χ0) is 20.4.